The number of nitrogens with one attached hydrogen (secondary N) is 1. The van der Waals surface area contributed by atoms with Crippen LogP contribution in [0.5, 0.6) is 5.75 Å². The number of aromatic nitrogens is 2. The SMILES string of the molecule is COc1ccccc1NC(=O)Cn1c([C@H]2CC(=O)N(CCc3ccccc3)C2)nc2ccccc21. The van der Waals surface area contributed by atoms with E-state index in [9.17, 15) is 9.59 Å². The largest absolute Gasteiger partial charge is 0.495 e. The quantitative estimate of drug-likeness (QED) is 0.420. The Morgan fingerprint density at radius 3 is 2.60 bits per heavy atom. The third kappa shape index (κ3) is 4.89. The molecule has 2 amide bonds. The Hall–Kier alpha value is -4.13. The molecule has 1 aromatic heterocycles. The first-order valence-electron chi connectivity index (χ1n) is 11.8. The Morgan fingerprint density at radius 1 is 1.03 bits per heavy atom. The molecule has 1 saturated heterocycles. The number of benzene rings is 3. The summed E-state index contributed by atoms with van der Waals surface area (Å²) in [5.74, 6) is 1.26. The molecule has 7 nitrogen and oxygen atoms in total. The molecule has 1 atom stereocenters. The van der Waals surface area contributed by atoms with Crippen LogP contribution in [0.2, 0.25) is 0 Å². The number of amides is 2. The minimum absolute atomic E-state index is 0.0651. The van der Waals surface area contributed by atoms with Crippen LogP contribution in [0.25, 0.3) is 11.0 Å². The van der Waals surface area contributed by atoms with Crippen molar-refractivity contribution in [3.63, 3.8) is 0 Å². The Morgan fingerprint density at radius 2 is 1.77 bits per heavy atom. The van der Waals surface area contributed by atoms with E-state index in [4.69, 9.17) is 9.72 Å². The molecular weight excluding hydrogens is 440 g/mol. The van der Waals surface area contributed by atoms with Gasteiger partial charge in [0.05, 0.1) is 23.8 Å². The fourth-order valence-electron chi connectivity index (χ4n) is 4.72. The number of carbonyl (C=O) groups excluding carboxylic acids is 2. The minimum Gasteiger partial charge on any atom is -0.495 e. The van der Waals surface area contributed by atoms with Crippen LogP contribution in [0.3, 0.4) is 0 Å². The van der Waals surface area contributed by atoms with Crippen molar-refractivity contribution in [1.29, 1.82) is 0 Å². The summed E-state index contributed by atoms with van der Waals surface area (Å²) in [4.78, 5) is 32.7. The summed E-state index contributed by atoms with van der Waals surface area (Å²) in [6.45, 7) is 1.37. The zero-order chi connectivity index (χ0) is 24.2. The number of hydrogen-bond acceptors (Lipinski definition) is 4. The maximum Gasteiger partial charge on any atom is 0.244 e. The summed E-state index contributed by atoms with van der Waals surface area (Å²) < 4.78 is 7.30. The van der Waals surface area contributed by atoms with Crippen LogP contribution in [0.1, 0.15) is 23.7 Å². The smallest absolute Gasteiger partial charge is 0.244 e. The number of methoxy groups -OCH3 is 1. The monoisotopic (exact) mass is 468 g/mol. The molecule has 0 unspecified atom stereocenters. The number of fused-ring (bicyclic) bond motifs is 1. The molecule has 178 valence electrons. The third-order valence-electron chi connectivity index (χ3n) is 6.46. The summed E-state index contributed by atoms with van der Waals surface area (Å²) >= 11 is 0. The number of imidazole rings is 1. The van der Waals surface area contributed by atoms with Gasteiger partial charge in [0.15, 0.2) is 0 Å². The van der Waals surface area contributed by atoms with Crippen LogP contribution in [-0.4, -0.2) is 46.5 Å². The summed E-state index contributed by atoms with van der Waals surface area (Å²) in [7, 11) is 1.58. The van der Waals surface area contributed by atoms with E-state index in [1.54, 1.807) is 7.11 Å². The summed E-state index contributed by atoms with van der Waals surface area (Å²) in [6.07, 6.45) is 1.21. The van der Waals surface area contributed by atoms with Gasteiger partial charge in [-0.15, -0.1) is 0 Å². The highest BCUT2D eigenvalue weighted by molar-refractivity contribution is 5.93. The molecule has 3 aromatic carbocycles. The molecule has 0 radical (unpaired) electrons. The standard InChI is InChI=1S/C28H28N4O3/c1-35-25-14-8-6-12-23(25)29-26(33)19-32-24-13-7-5-11-22(24)30-28(32)21-17-27(34)31(18-21)16-15-20-9-3-2-4-10-20/h2-14,21H,15-19H2,1H3,(H,29,33)/t21-/m0/s1. The Kier molecular flexibility index (Phi) is 6.48. The molecule has 7 heteroatoms. The fraction of sp³-hybridized carbons (Fsp3) is 0.250. The average molecular weight is 469 g/mol. The van der Waals surface area contributed by atoms with Crippen LogP contribution < -0.4 is 10.1 Å². The second-order valence-corrected chi connectivity index (χ2v) is 8.77. The van der Waals surface area contributed by atoms with Crippen molar-refractivity contribution in [3.8, 4) is 5.75 Å². The van der Waals surface area contributed by atoms with E-state index in [1.165, 1.54) is 5.56 Å². The van der Waals surface area contributed by atoms with Crippen molar-refractivity contribution < 1.29 is 14.3 Å². The molecule has 1 fully saturated rings. The first-order chi connectivity index (χ1) is 17.1. The molecule has 0 saturated carbocycles. The minimum atomic E-state index is -0.177. The molecule has 1 aliphatic heterocycles. The molecule has 0 aliphatic carbocycles. The van der Waals surface area contributed by atoms with Gasteiger partial charge in [-0.2, -0.15) is 0 Å². The van der Waals surface area contributed by atoms with Crippen molar-refractivity contribution in [2.24, 2.45) is 0 Å². The first kappa shape index (κ1) is 22.7. The predicted molar refractivity (Wildman–Crippen MR) is 135 cm³/mol. The highest BCUT2D eigenvalue weighted by Crippen LogP contribution is 2.31. The number of nitrogens with zero attached hydrogens (tertiary/aromatic N) is 3. The van der Waals surface area contributed by atoms with E-state index in [0.29, 0.717) is 30.9 Å². The Labute approximate surface area is 204 Å². The lowest BCUT2D eigenvalue weighted by Crippen LogP contribution is -2.28. The van der Waals surface area contributed by atoms with Gasteiger partial charge < -0.3 is 19.5 Å². The normalized spacial score (nSPS) is 15.5. The van der Waals surface area contributed by atoms with E-state index >= 15 is 0 Å². The van der Waals surface area contributed by atoms with Crippen LogP contribution in [0.4, 0.5) is 5.69 Å². The molecule has 1 aliphatic rings. The number of likely N-dealkylation sites (tertiary alicyclic amines) is 1. The van der Waals surface area contributed by atoms with Gasteiger partial charge in [0.2, 0.25) is 11.8 Å². The number of para-hydroxylation sites is 4. The van der Waals surface area contributed by atoms with E-state index < -0.39 is 0 Å². The zero-order valence-corrected chi connectivity index (χ0v) is 19.7. The number of ether oxygens (including phenoxy) is 1. The van der Waals surface area contributed by atoms with E-state index in [-0.39, 0.29) is 24.3 Å². The van der Waals surface area contributed by atoms with Gasteiger partial charge in [-0.1, -0.05) is 54.6 Å². The van der Waals surface area contributed by atoms with Gasteiger partial charge in [0.1, 0.15) is 18.1 Å². The topological polar surface area (TPSA) is 76.5 Å². The van der Waals surface area contributed by atoms with Gasteiger partial charge in [-0.25, -0.2) is 4.98 Å². The molecule has 2 heterocycles. The number of hydrogen-bond donors (Lipinski definition) is 1. The molecule has 1 N–H and O–H groups in total. The number of anilines is 1. The second kappa shape index (κ2) is 10.0. The van der Waals surface area contributed by atoms with E-state index in [0.717, 1.165) is 23.3 Å². The molecule has 0 bridgehead atoms. The molecule has 5 rings (SSSR count). The van der Waals surface area contributed by atoms with Crippen molar-refractivity contribution in [2.45, 2.75) is 25.3 Å². The summed E-state index contributed by atoms with van der Waals surface area (Å²) in [6, 6.07) is 25.3. The molecule has 0 spiro atoms. The highest BCUT2D eigenvalue weighted by atomic mass is 16.5. The molecule has 4 aromatic rings. The fourth-order valence-corrected chi connectivity index (χ4v) is 4.72. The lowest BCUT2D eigenvalue weighted by atomic mass is 10.1. The van der Waals surface area contributed by atoms with Crippen LogP contribution in [0, 0.1) is 0 Å². The van der Waals surface area contributed by atoms with Crippen molar-refractivity contribution in [1.82, 2.24) is 14.5 Å². The van der Waals surface area contributed by atoms with Gasteiger partial charge in [0.25, 0.3) is 0 Å². The average Bonchev–Trinajstić information content (AvgIpc) is 3.43. The number of rotatable bonds is 8. The summed E-state index contributed by atoms with van der Waals surface area (Å²) in [5.41, 5.74) is 3.54. The van der Waals surface area contributed by atoms with Crippen molar-refractivity contribution >= 4 is 28.5 Å². The Balaban J connectivity index is 1.36. The zero-order valence-electron chi connectivity index (χ0n) is 19.7. The summed E-state index contributed by atoms with van der Waals surface area (Å²) in [5, 5.41) is 2.95. The first-order valence-corrected chi connectivity index (χ1v) is 11.8. The highest BCUT2D eigenvalue weighted by Gasteiger charge is 2.34. The number of carbonyl (C=O) groups is 2. The Bertz CT molecular complexity index is 1350. The van der Waals surface area contributed by atoms with Gasteiger partial charge in [0, 0.05) is 25.4 Å². The lowest BCUT2D eigenvalue weighted by molar-refractivity contribution is -0.127. The molecule has 35 heavy (non-hydrogen) atoms. The second-order valence-electron chi connectivity index (χ2n) is 8.77. The van der Waals surface area contributed by atoms with Crippen LogP contribution >= 0.6 is 0 Å². The maximum absolute atomic E-state index is 13.1. The van der Waals surface area contributed by atoms with Gasteiger partial charge in [-0.3, -0.25) is 9.59 Å². The van der Waals surface area contributed by atoms with Crippen molar-refractivity contribution in [2.75, 3.05) is 25.5 Å². The lowest BCUT2D eigenvalue weighted by Gasteiger charge is -2.17. The van der Waals surface area contributed by atoms with Crippen LogP contribution in [0.15, 0.2) is 78.9 Å². The molecular formula is C28H28N4O3. The van der Waals surface area contributed by atoms with E-state index in [1.807, 2.05) is 76.2 Å². The van der Waals surface area contributed by atoms with Gasteiger partial charge in [-0.05, 0) is 36.2 Å². The van der Waals surface area contributed by atoms with E-state index in [2.05, 4.69) is 17.4 Å². The maximum atomic E-state index is 13.1. The van der Waals surface area contributed by atoms with Gasteiger partial charge >= 0.3 is 0 Å². The predicted octanol–water partition coefficient (Wildman–Crippen LogP) is 4.24. The van der Waals surface area contributed by atoms with Crippen molar-refractivity contribution in [3.05, 3.63) is 90.3 Å². The van der Waals surface area contributed by atoms with Crippen LogP contribution in [-0.2, 0) is 22.6 Å². The third-order valence-corrected chi connectivity index (χ3v) is 6.46.